The molecule has 12 heteroatoms. The Labute approximate surface area is 233 Å². The molecule has 1 aromatic heterocycles. The van der Waals surface area contributed by atoms with Crippen LogP contribution in [0.3, 0.4) is 0 Å². The summed E-state index contributed by atoms with van der Waals surface area (Å²) in [6.45, 7) is 6.83. The molecule has 1 aliphatic rings. The van der Waals surface area contributed by atoms with E-state index in [-0.39, 0.29) is 36.7 Å². The highest BCUT2D eigenvalue weighted by molar-refractivity contribution is 7.89. The number of hydrogen-bond donors (Lipinski definition) is 1. The van der Waals surface area contributed by atoms with E-state index in [2.05, 4.69) is 40.2 Å². The van der Waals surface area contributed by atoms with Gasteiger partial charge in [-0.2, -0.15) is 14.8 Å². The van der Waals surface area contributed by atoms with Gasteiger partial charge in [0.05, 0.1) is 27.3 Å². The molecule has 2 aromatic carbocycles. The maximum atomic E-state index is 12.9. The molecule has 1 amide bonds. The lowest BCUT2D eigenvalue weighted by molar-refractivity contribution is 0.0947. The minimum atomic E-state index is -3.87. The molecule has 10 nitrogen and oxygen atoms in total. The Morgan fingerprint density at radius 2 is 1.72 bits per heavy atom. The van der Waals surface area contributed by atoms with Gasteiger partial charge >= 0.3 is 0 Å². The van der Waals surface area contributed by atoms with Gasteiger partial charge in [-0.15, -0.1) is 0 Å². The number of hydrogen-bond acceptors (Lipinski definition) is 9. The Hall–Kier alpha value is -3.55. The van der Waals surface area contributed by atoms with Crippen molar-refractivity contribution >= 4 is 42.6 Å². The number of nitrogens with one attached hydrogen (secondary N) is 1. The number of aromatic nitrogens is 1. The van der Waals surface area contributed by atoms with E-state index in [1.54, 1.807) is 11.3 Å². The fourth-order valence-corrected chi connectivity index (χ4v) is 6.93. The summed E-state index contributed by atoms with van der Waals surface area (Å²) in [5.41, 5.74) is 2.63. The number of nitrogens with zero attached hydrogens (tertiary/aromatic N) is 6. The first-order chi connectivity index (χ1) is 18.8. The Morgan fingerprint density at radius 3 is 2.36 bits per heavy atom. The van der Waals surface area contributed by atoms with E-state index in [1.165, 1.54) is 34.5 Å². The number of carbonyl (C=O) groups is 1. The third-order valence-corrected chi connectivity index (χ3v) is 9.58. The molecule has 0 atom stereocenters. The predicted molar refractivity (Wildman–Crippen MR) is 151 cm³/mol. The number of aryl methyl sites for hydroxylation is 1. The van der Waals surface area contributed by atoms with Gasteiger partial charge < -0.3 is 10.2 Å². The van der Waals surface area contributed by atoms with Crippen LogP contribution in [0.2, 0.25) is 0 Å². The van der Waals surface area contributed by atoms with Crippen LogP contribution >= 0.6 is 11.3 Å². The van der Waals surface area contributed by atoms with Crippen LogP contribution in [0, 0.1) is 29.6 Å². The SMILES string of the molecule is Cc1ccc2nc(N3CCN(CCNC(=O)c4ccc(S(=O)(=O)N(CCC#N)CCC#N)cc4)CC3)sc2c1. The van der Waals surface area contributed by atoms with E-state index >= 15 is 0 Å². The van der Waals surface area contributed by atoms with Crippen LogP contribution in [0.5, 0.6) is 0 Å². The molecule has 1 saturated heterocycles. The highest BCUT2D eigenvalue weighted by atomic mass is 32.2. The number of fused-ring (bicyclic) bond motifs is 1. The van der Waals surface area contributed by atoms with Crippen LogP contribution in [0.15, 0.2) is 47.4 Å². The minimum absolute atomic E-state index is 0.0112. The monoisotopic (exact) mass is 565 g/mol. The molecule has 2 heterocycles. The molecule has 0 saturated carbocycles. The molecule has 0 bridgehead atoms. The van der Waals surface area contributed by atoms with E-state index in [4.69, 9.17) is 15.5 Å². The molecule has 39 heavy (non-hydrogen) atoms. The van der Waals surface area contributed by atoms with Gasteiger partial charge in [0.2, 0.25) is 10.0 Å². The zero-order valence-electron chi connectivity index (χ0n) is 21.8. The number of rotatable bonds is 11. The molecular formula is C27H31N7O3S2. The molecule has 204 valence electrons. The van der Waals surface area contributed by atoms with E-state index in [1.807, 2.05) is 12.1 Å². The second-order valence-corrected chi connectivity index (χ2v) is 12.2. The molecule has 1 aliphatic heterocycles. The second-order valence-electron chi connectivity index (χ2n) is 9.30. The first kappa shape index (κ1) is 28.5. The summed E-state index contributed by atoms with van der Waals surface area (Å²) in [6, 6.07) is 15.9. The molecule has 0 aliphatic carbocycles. The van der Waals surface area contributed by atoms with Crippen molar-refractivity contribution < 1.29 is 13.2 Å². The average molecular weight is 566 g/mol. The standard InChI is InChI=1S/C27H31N7O3S2/c1-21-4-9-24-25(20-21)38-27(31-24)33-18-16-32(17-19-33)15-12-30-26(35)22-5-7-23(8-6-22)39(36,37)34(13-2-10-28)14-3-11-29/h4-9,20H,2-3,12-19H2,1H3,(H,30,35). The summed E-state index contributed by atoms with van der Waals surface area (Å²) < 4.78 is 28.2. The predicted octanol–water partition coefficient (Wildman–Crippen LogP) is 2.97. The van der Waals surface area contributed by atoms with E-state index < -0.39 is 10.0 Å². The molecule has 4 rings (SSSR count). The molecule has 0 unspecified atom stereocenters. The number of piperazine rings is 1. The summed E-state index contributed by atoms with van der Waals surface area (Å²) in [5, 5.41) is 21.6. The lowest BCUT2D eigenvalue weighted by Gasteiger charge is -2.34. The first-order valence-corrected chi connectivity index (χ1v) is 15.0. The third-order valence-electron chi connectivity index (χ3n) is 6.59. The lowest BCUT2D eigenvalue weighted by Crippen LogP contribution is -2.48. The van der Waals surface area contributed by atoms with Gasteiger partial charge in [0.1, 0.15) is 0 Å². The highest BCUT2D eigenvalue weighted by Gasteiger charge is 2.24. The number of sulfonamides is 1. The molecule has 0 radical (unpaired) electrons. The smallest absolute Gasteiger partial charge is 0.251 e. The lowest BCUT2D eigenvalue weighted by atomic mass is 10.2. The van der Waals surface area contributed by atoms with Crippen molar-refractivity contribution in [1.82, 2.24) is 19.5 Å². The number of amides is 1. The minimum Gasteiger partial charge on any atom is -0.351 e. The molecule has 1 N–H and O–H groups in total. The molecular weight excluding hydrogens is 534 g/mol. The Morgan fingerprint density at radius 1 is 1.05 bits per heavy atom. The van der Waals surface area contributed by atoms with Crippen LogP contribution in [0.25, 0.3) is 10.2 Å². The van der Waals surface area contributed by atoms with Crippen LogP contribution in [0.4, 0.5) is 5.13 Å². The van der Waals surface area contributed by atoms with Crippen LogP contribution in [-0.4, -0.2) is 80.9 Å². The quantitative estimate of drug-likeness (QED) is 0.375. The van der Waals surface area contributed by atoms with E-state index in [0.717, 1.165) is 47.7 Å². The summed E-state index contributed by atoms with van der Waals surface area (Å²) in [6.07, 6.45) is 0.0593. The fraction of sp³-hybridized carbons (Fsp3) is 0.407. The van der Waals surface area contributed by atoms with Gasteiger partial charge in [-0.25, -0.2) is 13.4 Å². The number of nitriles is 2. The van der Waals surface area contributed by atoms with Gasteiger partial charge in [0.25, 0.3) is 5.91 Å². The highest BCUT2D eigenvalue weighted by Crippen LogP contribution is 2.30. The maximum absolute atomic E-state index is 12.9. The van der Waals surface area contributed by atoms with Gasteiger partial charge in [-0.1, -0.05) is 17.4 Å². The van der Waals surface area contributed by atoms with Crippen molar-refractivity contribution in [2.45, 2.75) is 24.7 Å². The first-order valence-electron chi connectivity index (χ1n) is 12.8. The van der Waals surface area contributed by atoms with Crippen LogP contribution in [0.1, 0.15) is 28.8 Å². The van der Waals surface area contributed by atoms with Crippen molar-refractivity contribution in [3.63, 3.8) is 0 Å². The zero-order chi connectivity index (χ0) is 27.8. The summed E-state index contributed by atoms with van der Waals surface area (Å²) >= 11 is 1.72. The second kappa shape index (κ2) is 13.0. The molecule has 3 aromatic rings. The third kappa shape index (κ3) is 7.11. The Balaban J connectivity index is 1.25. The Bertz CT molecular complexity index is 1460. The number of anilines is 1. The van der Waals surface area contributed by atoms with E-state index in [0.29, 0.717) is 12.1 Å². The molecule has 0 spiro atoms. The zero-order valence-corrected chi connectivity index (χ0v) is 23.5. The van der Waals surface area contributed by atoms with E-state index in [9.17, 15) is 13.2 Å². The number of thiazole rings is 1. The fourth-order valence-electron chi connectivity index (χ4n) is 4.38. The van der Waals surface area contributed by atoms with Crippen molar-refractivity contribution in [3.05, 3.63) is 53.6 Å². The van der Waals surface area contributed by atoms with Crippen molar-refractivity contribution in [3.8, 4) is 12.1 Å². The normalized spacial score (nSPS) is 14.3. The largest absolute Gasteiger partial charge is 0.351 e. The number of carbonyl (C=O) groups excluding carboxylic acids is 1. The summed E-state index contributed by atoms with van der Waals surface area (Å²) in [5.74, 6) is -0.270. The summed E-state index contributed by atoms with van der Waals surface area (Å²) in [7, 11) is -3.87. The van der Waals surface area contributed by atoms with Crippen LogP contribution < -0.4 is 10.2 Å². The van der Waals surface area contributed by atoms with Gasteiger partial charge in [-0.05, 0) is 48.9 Å². The molecule has 1 fully saturated rings. The van der Waals surface area contributed by atoms with Gasteiger partial charge in [0.15, 0.2) is 5.13 Å². The van der Waals surface area contributed by atoms with Crippen molar-refractivity contribution in [2.75, 3.05) is 57.3 Å². The number of benzene rings is 2. The van der Waals surface area contributed by atoms with Gasteiger partial charge in [-0.3, -0.25) is 9.69 Å². The summed E-state index contributed by atoms with van der Waals surface area (Å²) in [4.78, 5) is 22.1. The van der Waals surface area contributed by atoms with Gasteiger partial charge in [0, 0.05) is 70.8 Å². The van der Waals surface area contributed by atoms with Crippen molar-refractivity contribution in [1.29, 1.82) is 10.5 Å². The average Bonchev–Trinajstić information content (AvgIpc) is 3.36. The Kier molecular flexibility index (Phi) is 9.49. The topological polar surface area (TPSA) is 133 Å². The maximum Gasteiger partial charge on any atom is 0.251 e. The van der Waals surface area contributed by atoms with Crippen LogP contribution in [-0.2, 0) is 10.0 Å². The van der Waals surface area contributed by atoms with Crippen molar-refractivity contribution in [2.24, 2.45) is 0 Å².